The first-order valence-corrected chi connectivity index (χ1v) is 6.12. The summed E-state index contributed by atoms with van der Waals surface area (Å²) in [5, 5.41) is 23.1. The molecule has 1 aromatic rings. The van der Waals surface area contributed by atoms with Gasteiger partial charge in [0.1, 0.15) is 11.3 Å². The van der Waals surface area contributed by atoms with Crippen LogP contribution < -0.4 is 10.6 Å². The van der Waals surface area contributed by atoms with Crippen LogP contribution in [0.25, 0.3) is 0 Å². The van der Waals surface area contributed by atoms with Gasteiger partial charge in [-0.05, 0) is 12.1 Å². The third-order valence-electron chi connectivity index (χ3n) is 2.61. The molecule has 0 aliphatic heterocycles. The first-order valence-electron chi connectivity index (χ1n) is 6.12. The predicted octanol–water partition coefficient (Wildman–Crippen LogP) is 0.690. The number of urea groups is 1. The molecule has 8 nitrogen and oxygen atoms in total. The van der Waals surface area contributed by atoms with Crippen LogP contribution in [0.5, 0.6) is 5.75 Å². The average Bonchev–Trinajstić information content (AvgIpc) is 2.37. The Hall–Kier alpha value is -2.77. The van der Waals surface area contributed by atoms with E-state index in [1.165, 1.54) is 17.0 Å². The lowest BCUT2D eigenvalue weighted by Crippen LogP contribution is -2.33. The SMILES string of the molecule is CN(C)C(=O)CCNC(=O)Nc1ccc(C(=O)O)c(O)c1. The van der Waals surface area contributed by atoms with Gasteiger partial charge in [-0.2, -0.15) is 0 Å². The summed E-state index contributed by atoms with van der Waals surface area (Å²) in [7, 11) is 3.24. The van der Waals surface area contributed by atoms with E-state index in [0.29, 0.717) is 0 Å². The van der Waals surface area contributed by atoms with E-state index < -0.39 is 17.7 Å². The standard InChI is InChI=1S/C13H17N3O5/c1-16(2)11(18)5-6-14-13(21)15-8-3-4-9(12(19)20)10(17)7-8/h3-4,7,17H,5-6H2,1-2H3,(H,19,20)(H2,14,15,21). The van der Waals surface area contributed by atoms with E-state index in [9.17, 15) is 19.5 Å². The van der Waals surface area contributed by atoms with Gasteiger partial charge in [-0.1, -0.05) is 0 Å². The summed E-state index contributed by atoms with van der Waals surface area (Å²) in [4.78, 5) is 35.0. The number of anilines is 1. The van der Waals surface area contributed by atoms with Gasteiger partial charge in [-0.15, -0.1) is 0 Å². The van der Waals surface area contributed by atoms with Crippen LogP contribution in [0.2, 0.25) is 0 Å². The average molecular weight is 295 g/mol. The molecule has 0 bridgehead atoms. The Labute approximate surface area is 121 Å². The predicted molar refractivity (Wildman–Crippen MR) is 75.4 cm³/mol. The molecule has 114 valence electrons. The van der Waals surface area contributed by atoms with Crippen LogP contribution in [-0.4, -0.2) is 53.7 Å². The van der Waals surface area contributed by atoms with Crippen molar-refractivity contribution in [2.75, 3.05) is 26.0 Å². The third kappa shape index (κ3) is 5.01. The molecule has 0 aliphatic rings. The van der Waals surface area contributed by atoms with Crippen molar-refractivity contribution in [2.45, 2.75) is 6.42 Å². The number of aromatic carboxylic acids is 1. The highest BCUT2D eigenvalue weighted by atomic mass is 16.4. The number of nitrogens with zero attached hydrogens (tertiary/aromatic N) is 1. The van der Waals surface area contributed by atoms with Crippen LogP contribution in [0.3, 0.4) is 0 Å². The molecule has 0 radical (unpaired) electrons. The van der Waals surface area contributed by atoms with Gasteiger partial charge in [-0.3, -0.25) is 4.79 Å². The minimum absolute atomic E-state index is 0.112. The van der Waals surface area contributed by atoms with Gasteiger partial charge in [0.15, 0.2) is 0 Å². The maximum atomic E-state index is 11.5. The molecule has 0 atom stereocenters. The Kier molecular flexibility index (Phi) is 5.53. The number of carbonyl (C=O) groups is 3. The van der Waals surface area contributed by atoms with Crippen LogP contribution in [0.1, 0.15) is 16.8 Å². The number of nitrogens with one attached hydrogen (secondary N) is 2. The zero-order valence-corrected chi connectivity index (χ0v) is 11.7. The summed E-state index contributed by atoms with van der Waals surface area (Å²) >= 11 is 0. The van der Waals surface area contributed by atoms with E-state index in [0.717, 1.165) is 6.07 Å². The van der Waals surface area contributed by atoms with Gasteiger partial charge >= 0.3 is 12.0 Å². The fourth-order valence-corrected chi connectivity index (χ4v) is 1.47. The zero-order chi connectivity index (χ0) is 16.0. The number of amides is 3. The number of hydrogen-bond acceptors (Lipinski definition) is 4. The van der Waals surface area contributed by atoms with Gasteiger partial charge < -0.3 is 25.7 Å². The van der Waals surface area contributed by atoms with Crippen molar-refractivity contribution in [1.82, 2.24) is 10.2 Å². The summed E-state index contributed by atoms with van der Waals surface area (Å²) in [5.41, 5.74) is -0.00789. The van der Waals surface area contributed by atoms with E-state index in [-0.39, 0.29) is 30.1 Å². The molecule has 0 aliphatic carbocycles. The summed E-state index contributed by atoms with van der Waals surface area (Å²) in [6.45, 7) is 0.169. The van der Waals surface area contributed by atoms with Crippen molar-refractivity contribution < 1.29 is 24.6 Å². The topological polar surface area (TPSA) is 119 Å². The Bertz CT molecular complexity index is 557. The van der Waals surface area contributed by atoms with Crippen LogP contribution in [-0.2, 0) is 4.79 Å². The quantitative estimate of drug-likeness (QED) is 0.637. The van der Waals surface area contributed by atoms with Crippen LogP contribution >= 0.6 is 0 Å². The van der Waals surface area contributed by atoms with Crippen molar-refractivity contribution in [1.29, 1.82) is 0 Å². The molecule has 0 unspecified atom stereocenters. The summed E-state index contributed by atoms with van der Waals surface area (Å²) < 4.78 is 0. The molecule has 4 N–H and O–H groups in total. The van der Waals surface area contributed by atoms with Crippen molar-refractivity contribution in [3.05, 3.63) is 23.8 Å². The fraction of sp³-hybridized carbons (Fsp3) is 0.308. The number of aromatic hydroxyl groups is 1. The van der Waals surface area contributed by atoms with E-state index in [1.54, 1.807) is 14.1 Å². The highest BCUT2D eigenvalue weighted by Crippen LogP contribution is 2.21. The van der Waals surface area contributed by atoms with Crippen LogP contribution in [0.4, 0.5) is 10.5 Å². The Morgan fingerprint density at radius 3 is 2.43 bits per heavy atom. The minimum atomic E-state index is -1.26. The monoisotopic (exact) mass is 295 g/mol. The molecule has 1 aromatic carbocycles. The fourth-order valence-electron chi connectivity index (χ4n) is 1.47. The summed E-state index contributed by atoms with van der Waals surface area (Å²) in [6, 6.07) is 3.12. The van der Waals surface area contributed by atoms with E-state index in [1.807, 2.05) is 0 Å². The maximum Gasteiger partial charge on any atom is 0.339 e. The molecule has 0 saturated heterocycles. The lowest BCUT2D eigenvalue weighted by molar-refractivity contribution is -0.128. The number of hydrogen-bond donors (Lipinski definition) is 4. The van der Waals surface area contributed by atoms with E-state index in [4.69, 9.17) is 5.11 Å². The molecule has 0 heterocycles. The zero-order valence-electron chi connectivity index (χ0n) is 11.7. The summed E-state index contributed by atoms with van der Waals surface area (Å²) in [5.74, 6) is -1.81. The normalized spacial score (nSPS) is 9.81. The molecule has 0 aromatic heterocycles. The highest BCUT2D eigenvalue weighted by Gasteiger charge is 2.11. The largest absolute Gasteiger partial charge is 0.507 e. The van der Waals surface area contributed by atoms with Gasteiger partial charge in [0.05, 0.1) is 0 Å². The Morgan fingerprint density at radius 1 is 1.24 bits per heavy atom. The van der Waals surface area contributed by atoms with Gasteiger partial charge in [-0.25, -0.2) is 9.59 Å². The molecule has 3 amide bonds. The van der Waals surface area contributed by atoms with Gasteiger partial charge in [0.25, 0.3) is 0 Å². The first-order chi connectivity index (χ1) is 9.81. The van der Waals surface area contributed by atoms with Crippen molar-refractivity contribution in [3.8, 4) is 5.75 Å². The van der Waals surface area contributed by atoms with E-state index in [2.05, 4.69) is 10.6 Å². The third-order valence-corrected chi connectivity index (χ3v) is 2.61. The molecular weight excluding hydrogens is 278 g/mol. The number of carbonyl (C=O) groups excluding carboxylic acids is 2. The highest BCUT2D eigenvalue weighted by molar-refractivity contribution is 5.94. The maximum absolute atomic E-state index is 11.5. The summed E-state index contributed by atoms with van der Waals surface area (Å²) in [6.07, 6.45) is 0.170. The molecule has 21 heavy (non-hydrogen) atoms. The van der Waals surface area contributed by atoms with Crippen LogP contribution in [0, 0.1) is 0 Å². The number of carboxylic acid groups (broad SMARTS) is 1. The smallest absolute Gasteiger partial charge is 0.339 e. The number of benzene rings is 1. The van der Waals surface area contributed by atoms with Crippen molar-refractivity contribution in [3.63, 3.8) is 0 Å². The second-order valence-corrected chi connectivity index (χ2v) is 4.46. The lowest BCUT2D eigenvalue weighted by Gasteiger charge is -2.11. The Balaban J connectivity index is 2.50. The molecule has 0 spiro atoms. The van der Waals surface area contributed by atoms with Gasteiger partial charge in [0, 0.05) is 38.8 Å². The van der Waals surface area contributed by atoms with Crippen molar-refractivity contribution >= 4 is 23.6 Å². The second kappa shape index (κ2) is 7.13. The van der Waals surface area contributed by atoms with Crippen LogP contribution in [0.15, 0.2) is 18.2 Å². The number of rotatable bonds is 5. The molecule has 1 rings (SSSR count). The van der Waals surface area contributed by atoms with E-state index >= 15 is 0 Å². The second-order valence-electron chi connectivity index (χ2n) is 4.46. The molecule has 0 fully saturated rings. The molecular formula is C13H17N3O5. The molecule has 0 saturated carbocycles. The number of carboxylic acids is 1. The van der Waals surface area contributed by atoms with Crippen molar-refractivity contribution in [2.24, 2.45) is 0 Å². The lowest BCUT2D eigenvalue weighted by atomic mass is 10.2. The first kappa shape index (κ1) is 16.3. The Morgan fingerprint density at radius 2 is 1.90 bits per heavy atom. The van der Waals surface area contributed by atoms with Gasteiger partial charge in [0.2, 0.25) is 5.91 Å². The number of phenols is 1. The molecule has 8 heteroatoms. The minimum Gasteiger partial charge on any atom is -0.507 e.